The van der Waals surface area contributed by atoms with E-state index in [9.17, 15) is 4.79 Å². The van der Waals surface area contributed by atoms with Gasteiger partial charge in [0, 0.05) is 10.6 Å². The van der Waals surface area contributed by atoms with E-state index in [0.29, 0.717) is 15.6 Å². The molecule has 0 aromatic heterocycles. The standard InChI is InChI=1S/C10H8Cl2O/c1-7(6-13)10(12)8-2-4-9(11)5-3-8/h2-6H,1H3/b10-7-. The van der Waals surface area contributed by atoms with Crippen molar-refractivity contribution >= 4 is 34.5 Å². The average Bonchev–Trinajstić information content (AvgIpc) is 2.17. The predicted molar refractivity (Wildman–Crippen MR) is 56.0 cm³/mol. The number of carbonyl (C=O) groups is 1. The minimum atomic E-state index is 0.465. The quantitative estimate of drug-likeness (QED) is 0.545. The maximum Gasteiger partial charge on any atom is 0.147 e. The van der Waals surface area contributed by atoms with Crippen LogP contribution in [0.2, 0.25) is 5.02 Å². The van der Waals surface area contributed by atoms with Crippen LogP contribution >= 0.6 is 23.2 Å². The van der Waals surface area contributed by atoms with Crippen LogP contribution in [0.3, 0.4) is 0 Å². The predicted octanol–water partition coefficient (Wildman–Crippen LogP) is 3.51. The number of allylic oxidation sites excluding steroid dienone is 1. The molecule has 0 unspecified atom stereocenters. The van der Waals surface area contributed by atoms with E-state index in [0.717, 1.165) is 11.8 Å². The number of benzene rings is 1. The Morgan fingerprint density at radius 3 is 2.31 bits per heavy atom. The van der Waals surface area contributed by atoms with E-state index in [4.69, 9.17) is 23.2 Å². The topological polar surface area (TPSA) is 17.1 Å². The lowest BCUT2D eigenvalue weighted by atomic mass is 10.1. The summed E-state index contributed by atoms with van der Waals surface area (Å²) >= 11 is 11.6. The van der Waals surface area contributed by atoms with Gasteiger partial charge in [-0.3, -0.25) is 4.79 Å². The summed E-state index contributed by atoms with van der Waals surface area (Å²) in [5.41, 5.74) is 1.32. The molecule has 1 nitrogen and oxygen atoms in total. The molecule has 0 saturated heterocycles. The molecule has 0 saturated carbocycles. The first-order valence-corrected chi connectivity index (χ1v) is 4.48. The van der Waals surface area contributed by atoms with Crippen LogP contribution in [0.1, 0.15) is 12.5 Å². The second kappa shape index (κ2) is 4.45. The van der Waals surface area contributed by atoms with Crippen molar-refractivity contribution in [3.8, 4) is 0 Å². The molecular formula is C10H8Cl2O. The van der Waals surface area contributed by atoms with Gasteiger partial charge >= 0.3 is 0 Å². The van der Waals surface area contributed by atoms with Crippen LogP contribution in [0.5, 0.6) is 0 Å². The molecule has 0 aliphatic rings. The molecule has 0 amide bonds. The maximum atomic E-state index is 10.4. The molecule has 0 atom stereocenters. The lowest BCUT2D eigenvalue weighted by molar-refractivity contribution is -0.104. The van der Waals surface area contributed by atoms with Gasteiger partial charge < -0.3 is 0 Å². The zero-order chi connectivity index (χ0) is 9.84. The normalized spacial score (nSPS) is 12.2. The Morgan fingerprint density at radius 2 is 1.85 bits per heavy atom. The van der Waals surface area contributed by atoms with Gasteiger partial charge in [0.1, 0.15) is 6.29 Å². The fraction of sp³-hybridized carbons (Fsp3) is 0.100. The highest BCUT2D eigenvalue weighted by atomic mass is 35.5. The lowest BCUT2D eigenvalue weighted by Gasteiger charge is -2.00. The van der Waals surface area contributed by atoms with E-state index in [1.807, 2.05) is 0 Å². The van der Waals surface area contributed by atoms with Gasteiger partial charge in [0.15, 0.2) is 0 Å². The summed E-state index contributed by atoms with van der Waals surface area (Å²) in [4.78, 5) is 10.4. The van der Waals surface area contributed by atoms with Gasteiger partial charge in [0.2, 0.25) is 0 Å². The minimum Gasteiger partial charge on any atom is -0.298 e. The fourth-order valence-corrected chi connectivity index (χ4v) is 1.17. The van der Waals surface area contributed by atoms with E-state index in [1.54, 1.807) is 31.2 Å². The first-order valence-electron chi connectivity index (χ1n) is 3.72. The van der Waals surface area contributed by atoms with Crippen LogP contribution in [0.25, 0.3) is 5.03 Å². The molecule has 0 radical (unpaired) electrons. The van der Waals surface area contributed by atoms with E-state index in [1.165, 1.54) is 0 Å². The van der Waals surface area contributed by atoms with Crippen molar-refractivity contribution in [2.75, 3.05) is 0 Å². The van der Waals surface area contributed by atoms with Crippen LogP contribution in [0.4, 0.5) is 0 Å². The van der Waals surface area contributed by atoms with Crippen LogP contribution in [0, 0.1) is 0 Å². The zero-order valence-electron chi connectivity index (χ0n) is 7.05. The molecule has 1 aromatic rings. The molecule has 3 heteroatoms. The summed E-state index contributed by atoms with van der Waals surface area (Å²) < 4.78 is 0. The van der Waals surface area contributed by atoms with Crippen molar-refractivity contribution < 1.29 is 4.79 Å². The number of hydrogen-bond acceptors (Lipinski definition) is 1. The fourth-order valence-electron chi connectivity index (χ4n) is 0.876. The smallest absolute Gasteiger partial charge is 0.147 e. The third-order valence-corrected chi connectivity index (χ3v) is 2.39. The SMILES string of the molecule is C/C(C=O)=C(/Cl)c1ccc(Cl)cc1. The van der Waals surface area contributed by atoms with Crippen molar-refractivity contribution in [1.82, 2.24) is 0 Å². The summed E-state index contributed by atoms with van der Waals surface area (Å²) in [5.74, 6) is 0. The van der Waals surface area contributed by atoms with Gasteiger partial charge in [0.25, 0.3) is 0 Å². The number of hydrogen-bond donors (Lipinski definition) is 0. The first-order chi connectivity index (χ1) is 6.15. The third kappa shape index (κ3) is 2.58. The van der Waals surface area contributed by atoms with Crippen LogP contribution < -0.4 is 0 Å². The van der Waals surface area contributed by atoms with E-state index in [-0.39, 0.29) is 0 Å². The number of carbonyl (C=O) groups excluding carboxylic acids is 1. The first kappa shape index (κ1) is 10.3. The summed E-state index contributed by atoms with van der Waals surface area (Å²) in [5, 5.41) is 1.11. The van der Waals surface area contributed by atoms with Gasteiger partial charge in [-0.2, -0.15) is 0 Å². The molecular weight excluding hydrogens is 207 g/mol. The largest absolute Gasteiger partial charge is 0.298 e. The second-order valence-electron chi connectivity index (χ2n) is 2.62. The molecule has 0 heterocycles. The zero-order valence-corrected chi connectivity index (χ0v) is 8.56. The highest BCUT2D eigenvalue weighted by molar-refractivity contribution is 6.50. The molecule has 13 heavy (non-hydrogen) atoms. The molecule has 0 fully saturated rings. The highest BCUT2D eigenvalue weighted by Crippen LogP contribution is 2.23. The Hall–Kier alpha value is -0.790. The summed E-state index contributed by atoms with van der Waals surface area (Å²) in [6.07, 6.45) is 0.733. The third-order valence-electron chi connectivity index (χ3n) is 1.62. The van der Waals surface area contributed by atoms with Gasteiger partial charge in [-0.15, -0.1) is 0 Å². The van der Waals surface area contributed by atoms with E-state index >= 15 is 0 Å². The van der Waals surface area contributed by atoms with Crippen molar-refractivity contribution in [3.05, 3.63) is 40.4 Å². The maximum absolute atomic E-state index is 10.4. The molecule has 1 rings (SSSR count). The lowest BCUT2D eigenvalue weighted by Crippen LogP contribution is -1.83. The number of rotatable bonds is 2. The number of aldehydes is 1. The Kier molecular flexibility index (Phi) is 3.52. The number of halogens is 2. The molecule has 0 N–H and O–H groups in total. The summed E-state index contributed by atoms with van der Waals surface area (Å²) in [6.45, 7) is 1.67. The molecule has 0 aliphatic heterocycles. The molecule has 1 aromatic carbocycles. The van der Waals surface area contributed by atoms with Crippen molar-refractivity contribution in [2.45, 2.75) is 6.92 Å². The van der Waals surface area contributed by atoms with Gasteiger partial charge in [-0.05, 0) is 24.6 Å². The molecule has 68 valence electrons. The van der Waals surface area contributed by atoms with Crippen LogP contribution in [-0.2, 0) is 4.79 Å². The van der Waals surface area contributed by atoms with Crippen molar-refractivity contribution in [1.29, 1.82) is 0 Å². The molecule has 0 aliphatic carbocycles. The van der Waals surface area contributed by atoms with E-state index in [2.05, 4.69) is 0 Å². The Bertz CT molecular complexity index is 338. The van der Waals surface area contributed by atoms with E-state index < -0.39 is 0 Å². The highest BCUT2D eigenvalue weighted by Gasteiger charge is 2.01. The Labute approximate surface area is 87.0 Å². The van der Waals surface area contributed by atoms with Crippen LogP contribution in [0.15, 0.2) is 29.8 Å². The second-order valence-corrected chi connectivity index (χ2v) is 3.44. The summed E-state index contributed by atoms with van der Waals surface area (Å²) in [6, 6.07) is 7.02. The van der Waals surface area contributed by atoms with Crippen molar-refractivity contribution in [2.24, 2.45) is 0 Å². The minimum absolute atomic E-state index is 0.465. The van der Waals surface area contributed by atoms with Crippen molar-refractivity contribution in [3.63, 3.8) is 0 Å². The average molecular weight is 215 g/mol. The van der Waals surface area contributed by atoms with Gasteiger partial charge in [0.05, 0.1) is 5.03 Å². The molecule has 0 bridgehead atoms. The van der Waals surface area contributed by atoms with Gasteiger partial charge in [-0.25, -0.2) is 0 Å². The molecule has 0 spiro atoms. The Morgan fingerprint density at radius 1 is 1.31 bits per heavy atom. The van der Waals surface area contributed by atoms with Crippen LogP contribution in [-0.4, -0.2) is 6.29 Å². The monoisotopic (exact) mass is 214 g/mol. The summed E-state index contributed by atoms with van der Waals surface area (Å²) in [7, 11) is 0. The Balaban J connectivity index is 3.09. The van der Waals surface area contributed by atoms with Gasteiger partial charge in [-0.1, -0.05) is 35.3 Å².